The lowest BCUT2D eigenvalue weighted by Gasteiger charge is -2.40. The number of likely N-dealkylation sites (N-methyl/N-ethyl adjacent to an activating group) is 3. The lowest BCUT2D eigenvalue weighted by atomic mass is 9.95. The van der Waals surface area contributed by atoms with E-state index in [1.165, 1.54) is 16.7 Å². The van der Waals surface area contributed by atoms with E-state index in [4.69, 9.17) is 49.0 Å². The van der Waals surface area contributed by atoms with Crippen molar-refractivity contribution in [3.63, 3.8) is 0 Å². The molecule has 18 atom stereocenters. The molecule has 12 rings (SSSR count). The number of benzene rings is 3. The molecule has 3 heterocycles. The second-order valence-corrected chi connectivity index (χ2v) is 20.4. The quantitative estimate of drug-likeness (QED) is 0.193. The topological polar surface area (TPSA) is 37.4 Å². The first kappa shape index (κ1) is 41.5. The molecule has 6 fully saturated rings. The molecule has 9 aliphatic rings. The molecule has 0 N–H and O–H groups in total. The van der Waals surface area contributed by atoms with Crippen molar-refractivity contribution in [2.24, 2.45) is 35.5 Å². The zero-order valence-corrected chi connectivity index (χ0v) is 37.9. The van der Waals surface area contributed by atoms with Crippen molar-refractivity contribution in [3.05, 3.63) is 144 Å². The maximum atomic E-state index is 6.77. The highest BCUT2D eigenvalue weighted by molar-refractivity contribution is 6.22. The number of hydrogen-bond acceptors (Lipinski definition) is 6. The van der Waals surface area contributed by atoms with Crippen LogP contribution in [-0.2, 0) is 14.2 Å². The SMILES string of the molecule is C[C@H]1[C@@H](c2ccccc2)O[C@@]2([C@H](Cl)[C@@H]3C=C[C@H]2C3)N1C.C[C@H]1[C@@H](c2ccccc2)O[C@@]2([C@H](Cl)[C@@H]3C=C[C@H]2C3)N1C.C[C@H]1[C@@H](c2ccccc2)O[C@@]2([C@H](Cl)[C@@H]3C=C[C@H]2C3)N1C. The van der Waals surface area contributed by atoms with Gasteiger partial charge in [-0.05, 0) is 95.6 Å². The Morgan fingerprint density at radius 3 is 0.883 bits per heavy atom. The minimum absolute atomic E-state index is 0.0543. The average molecular weight is 869 g/mol. The van der Waals surface area contributed by atoms with Gasteiger partial charge in [0, 0.05) is 35.9 Å². The van der Waals surface area contributed by atoms with Crippen LogP contribution in [0, 0.1) is 35.5 Å². The van der Waals surface area contributed by atoms with Gasteiger partial charge in [0.2, 0.25) is 0 Å². The van der Waals surface area contributed by atoms with Crippen LogP contribution in [0.15, 0.2) is 127 Å². The molecule has 3 aliphatic heterocycles. The molecule has 0 aromatic heterocycles. The van der Waals surface area contributed by atoms with Crippen molar-refractivity contribution >= 4 is 34.8 Å². The smallest absolute Gasteiger partial charge is 0.146 e. The summed E-state index contributed by atoms with van der Waals surface area (Å²) in [6.45, 7) is 6.73. The lowest BCUT2D eigenvalue weighted by molar-refractivity contribution is -0.113. The third-order valence-corrected chi connectivity index (χ3v) is 18.3. The summed E-state index contributed by atoms with van der Waals surface area (Å²) in [5.74, 6) is 2.67. The third-order valence-electron chi connectivity index (χ3n) is 16.4. The van der Waals surface area contributed by atoms with E-state index >= 15 is 0 Å². The molecule has 6 bridgehead atoms. The molecule has 3 spiro atoms. The van der Waals surface area contributed by atoms with E-state index in [2.05, 4.69) is 166 Å². The molecule has 3 aromatic carbocycles. The van der Waals surface area contributed by atoms with Crippen molar-refractivity contribution < 1.29 is 14.2 Å². The minimum Gasteiger partial charge on any atom is -0.349 e. The summed E-state index contributed by atoms with van der Waals surface area (Å²) < 4.78 is 19.8. The maximum Gasteiger partial charge on any atom is 0.146 e. The second kappa shape index (κ2) is 15.6. The second-order valence-electron chi connectivity index (χ2n) is 19.0. The molecule has 3 saturated carbocycles. The Bertz CT molecular complexity index is 1870. The van der Waals surface area contributed by atoms with Gasteiger partial charge >= 0.3 is 0 Å². The number of nitrogens with zero attached hydrogens (tertiary/aromatic N) is 3. The number of ether oxygens (including phenoxy) is 3. The van der Waals surface area contributed by atoms with Crippen molar-refractivity contribution in [1.29, 1.82) is 0 Å². The molecule has 9 heteroatoms. The van der Waals surface area contributed by atoms with Crippen LogP contribution in [-0.4, -0.2) is 87.3 Å². The van der Waals surface area contributed by atoms with Gasteiger partial charge in [-0.1, -0.05) is 127 Å². The molecule has 3 saturated heterocycles. The fraction of sp³-hybridized carbons (Fsp3) is 0.529. The summed E-state index contributed by atoms with van der Waals surface area (Å²) in [5.41, 5.74) is 2.79. The molecule has 0 radical (unpaired) electrons. The predicted molar refractivity (Wildman–Crippen MR) is 242 cm³/mol. The van der Waals surface area contributed by atoms with Gasteiger partial charge in [-0.2, -0.15) is 0 Å². The van der Waals surface area contributed by atoms with Crippen LogP contribution >= 0.6 is 34.8 Å². The molecule has 6 nitrogen and oxygen atoms in total. The number of alkyl halides is 3. The molecule has 3 aromatic rings. The van der Waals surface area contributed by atoms with E-state index in [0.29, 0.717) is 53.6 Å². The summed E-state index contributed by atoms with van der Waals surface area (Å²) in [6, 6.07) is 32.6. The van der Waals surface area contributed by atoms with Gasteiger partial charge < -0.3 is 14.2 Å². The summed E-state index contributed by atoms with van der Waals surface area (Å²) in [7, 11) is 6.49. The first-order valence-electron chi connectivity index (χ1n) is 22.3. The van der Waals surface area contributed by atoms with Crippen molar-refractivity contribution in [2.45, 2.75) is 110 Å². The zero-order chi connectivity index (χ0) is 41.7. The van der Waals surface area contributed by atoms with Gasteiger partial charge in [0.15, 0.2) is 0 Å². The highest BCUT2D eigenvalue weighted by atomic mass is 35.5. The molecular weight excluding hydrogens is 809 g/mol. The van der Waals surface area contributed by atoms with Crippen molar-refractivity contribution in [2.75, 3.05) is 21.1 Å². The fourth-order valence-corrected chi connectivity index (χ4v) is 14.5. The van der Waals surface area contributed by atoms with E-state index < -0.39 is 0 Å². The number of fused-ring (bicyclic) bond motifs is 9. The number of rotatable bonds is 3. The Morgan fingerprint density at radius 1 is 0.417 bits per heavy atom. The standard InChI is InChI=1S/3C17H20ClNO/c3*1-11-15(12-6-4-3-5-7-12)20-17(19(11)2)14-9-8-13(10-14)16(17)18/h3*3-9,11,13-16H,10H2,1-2H3/t3*11-,13+,14-,15-,16+,17-/m000/s1. The Balaban J connectivity index is 0.000000108. The van der Waals surface area contributed by atoms with Crippen LogP contribution < -0.4 is 0 Å². The number of allylic oxidation sites excluding steroid dienone is 3. The first-order valence-corrected chi connectivity index (χ1v) is 23.6. The highest BCUT2D eigenvalue weighted by Gasteiger charge is 2.67. The summed E-state index contributed by atoms with van der Waals surface area (Å²) >= 11 is 20.3. The van der Waals surface area contributed by atoms with E-state index in [-0.39, 0.29) is 51.6 Å². The summed E-state index contributed by atoms with van der Waals surface area (Å²) in [6.07, 6.45) is 17.4. The first-order chi connectivity index (χ1) is 28.9. The lowest BCUT2D eigenvalue weighted by Crippen LogP contribution is -2.54. The van der Waals surface area contributed by atoms with Crippen LogP contribution in [0.25, 0.3) is 0 Å². The Labute approximate surface area is 372 Å². The van der Waals surface area contributed by atoms with Crippen LogP contribution in [0.5, 0.6) is 0 Å². The summed E-state index contributed by atoms with van der Waals surface area (Å²) in [5, 5.41) is 0.163. The van der Waals surface area contributed by atoms with Gasteiger partial charge in [0.25, 0.3) is 0 Å². The predicted octanol–water partition coefficient (Wildman–Crippen LogP) is 10.8. The van der Waals surface area contributed by atoms with Crippen LogP contribution in [0.2, 0.25) is 0 Å². The Kier molecular flexibility index (Phi) is 10.8. The van der Waals surface area contributed by atoms with E-state index in [0.717, 1.165) is 19.3 Å². The minimum atomic E-state index is -0.319. The van der Waals surface area contributed by atoms with Gasteiger partial charge in [-0.25, -0.2) is 0 Å². The number of hydrogen-bond donors (Lipinski definition) is 0. The van der Waals surface area contributed by atoms with Crippen molar-refractivity contribution in [1.82, 2.24) is 14.7 Å². The third kappa shape index (κ3) is 6.02. The van der Waals surface area contributed by atoms with Gasteiger partial charge in [0.05, 0.1) is 16.1 Å². The maximum absolute atomic E-state index is 6.77. The van der Waals surface area contributed by atoms with E-state index in [1.807, 2.05) is 18.2 Å². The number of halogens is 3. The van der Waals surface area contributed by atoms with Crippen LogP contribution in [0.4, 0.5) is 0 Å². The van der Waals surface area contributed by atoms with Crippen LogP contribution in [0.1, 0.15) is 75.0 Å². The molecule has 6 aliphatic carbocycles. The van der Waals surface area contributed by atoms with Gasteiger partial charge in [-0.15, -0.1) is 34.8 Å². The zero-order valence-electron chi connectivity index (χ0n) is 35.6. The molecule has 318 valence electrons. The molecule has 60 heavy (non-hydrogen) atoms. The van der Waals surface area contributed by atoms with E-state index in [9.17, 15) is 0 Å². The van der Waals surface area contributed by atoms with E-state index in [1.54, 1.807) is 0 Å². The highest BCUT2D eigenvalue weighted by Crippen LogP contribution is 2.61. The van der Waals surface area contributed by atoms with Gasteiger partial charge in [-0.3, -0.25) is 14.7 Å². The van der Waals surface area contributed by atoms with Crippen LogP contribution in [0.3, 0.4) is 0 Å². The molecular formula is C51H60Cl3N3O3. The van der Waals surface area contributed by atoms with Crippen molar-refractivity contribution in [3.8, 4) is 0 Å². The monoisotopic (exact) mass is 867 g/mol. The Hall–Kier alpha value is -2.49. The largest absolute Gasteiger partial charge is 0.349 e. The van der Waals surface area contributed by atoms with Gasteiger partial charge in [0.1, 0.15) is 35.5 Å². The Morgan fingerprint density at radius 2 is 0.667 bits per heavy atom. The fourth-order valence-electron chi connectivity index (χ4n) is 12.8. The normalized spacial score (nSPS) is 46.6. The molecule has 0 amide bonds. The average Bonchev–Trinajstić information content (AvgIpc) is 4.18. The summed E-state index contributed by atoms with van der Waals surface area (Å²) in [4.78, 5) is 7.11. The molecule has 0 unspecified atom stereocenters.